The number of halogens is 1. The zero-order valence-corrected chi connectivity index (χ0v) is 11.5. The molecule has 0 aliphatic heterocycles. The van der Waals surface area contributed by atoms with Crippen molar-refractivity contribution in [1.29, 1.82) is 0 Å². The molecule has 5 heteroatoms. The highest BCUT2D eigenvalue weighted by atomic mass is 35.5. The molecule has 0 spiro atoms. The highest BCUT2D eigenvalue weighted by Gasteiger charge is 2.06. The number of carbonyl (C=O) groups excluding carboxylic acids is 1. The first-order chi connectivity index (χ1) is 9.65. The van der Waals surface area contributed by atoms with Crippen LogP contribution in [0.2, 0.25) is 5.02 Å². The summed E-state index contributed by atoms with van der Waals surface area (Å²) < 4.78 is 0. The lowest BCUT2D eigenvalue weighted by molar-refractivity contribution is 0.0976. The summed E-state index contributed by atoms with van der Waals surface area (Å²) >= 11 is 5.76. The summed E-state index contributed by atoms with van der Waals surface area (Å²) in [5, 5.41) is 3.11. The fourth-order valence-corrected chi connectivity index (χ4v) is 1.72. The van der Waals surface area contributed by atoms with Crippen LogP contribution in [0.25, 0.3) is 0 Å². The summed E-state index contributed by atoms with van der Waals surface area (Å²) in [6.45, 7) is 0.424. The number of nitrogens with zero attached hydrogens (tertiary/aromatic N) is 1. The molecule has 0 atom stereocenters. The van der Waals surface area contributed by atoms with E-state index in [0.717, 1.165) is 5.56 Å². The summed E-state index contributed by atoms with van der Waals surface area (Å²) in [7, 11) is 0. The molecule has 20 heavy (non-hydrogen) atoms. The normalized spacial score (nSPS) is 11.2. The van der Waals surface area contributed by atoms with Gasteiger partial charge in [0.2, 0.25) is 0 Å². The third kappa shape index (κ3) is 4.10. The van der Waals surface area contributed by atoms with Gasteiger partial charge in [-0.3, -0.25) is 10.1 Å². The Morgan fingerprint density at radius 3 is 2.40 bits per heavy atom. The summed E-state index contributed by atoms with van der Waals surface area (Å²) in [5.74, 6) is -0.218. The van der Waals surface area contributed by atoms with Crippen LogP contribution in [0.1, 0.15) is 15.9 Å². The molecule has 0 aromatic heterocycles. The van der Waals surface area contributed by atoms with Crippen LogP contribution in [0.3, 0.4) is 0 Å². The lowest BCUT2D eigenvalue weighted by atomic mass is 10.2. The first-order valence-electron chi connectivity index (χ1n) is 6.06. The van der Waals surface area contributed by atoms with Crippen LogP contribution in [0, 0.1) is 0 Å². The molecule has 0 unspecified atom stereocenters. The standard InChI is InChI=1S/C15H14ClN3O/c16-13-8-6-12(7-9-13)14(20)19-15(17)18-10-11-4-2-1-3-5-11/h1-9H,10H2,(H3,17,18,19,20). The highest BCUT2D eigenvalue weighted by Crippen LogP contribution is 2.09. The molecule has 0 aliphatic rings. The SMILES string of the molecule is NC(=NCc1ccccc1)NC(=O)c1ccc(Cl)cc1. The minimum atomic E-state index is -0.309. The fraction of sp³-hybridized carbons (Fsp3) is 0.0667. The summed E-state index contributed by atoms with van der Waals surface area (Å²) in [6, 6.07) is 16.2. The molecule has 0 fully saturated rings. The zero-order valence-electron chi connectivity index (χ0n) is 10.7. The van der Waals surface area contributed by atoms with E-state index < -0.39 is 0 Å². The van der Waals surface area contributed by atoms with Crippen LogP contribution >= 0.6 is 11.6 Å². The van der Waals surface area contributed by atoms with Gasteiger partial charge in [-0.15, -0.1) is 0 Å². The van der Waals surface area contributed by atoms with Crippen LogP contribution in [0.5, 0.6) is 0 Å². The van der Waals surface area contributed by atoms with Gasteiger partial charge in [0.25, 0.3) is 5.91 Å². The average Bonchev–Trinajstić information content (AvgIpc) is 2.47. The van der Waals surface area contributed by atoms with Crippen molar-refractivity contribution in [3.63, 3.8) is 0 Å². The van der Waals surface area contributed by atoms with E-state index in [2.05, 4.69) is 10.3 Å². The van der Waals surface area contributed by atoms with Crippen molar-refractivity contribution >= 4 is 23.5 Å². The van der Waals surface area contributed by atoms with Crippen LogP contribution in [-0.2, 0) is 6.54 Å². The Kier molecular flexibility index (Phi) is 4.74. The van der Waals surface area contributed by atoms with Crippen molar-refractivity contribution in [1.82, 2.24) is 5.32 Å². The van der Waals surface area contributed by atoms with Gasteiger partial charge in [0, 0.05) is 10.6 Å². The number of amides is 1. The van der Waals surface area contributed by atoms with Gasteiger partial charge in [-0.1, -0.05) is 41.9 Å². The van der Waals surface area contributed by atoms with Gasteiger partial charge < -0.3 is 5.73 Å². The van der Waals surface area contributed by atoms with Crippen LogP contribution in [0.15, 0.2) is 59.6 Å². The lowest BCUT2D eigenvalue weighted by Crippen LogP contribution is -2.36. The van der Waals surface area contributed by atoms with Gasteiger partial charge >= 0.3 is 0 Å². The second kappa shape index (κ2) is 6.73. The molecule has 0 saturated heterocycles. The largest absolute Gasteiger partial charge is 0.370 e. The minimum absolute atomic E-state index is 0.0915. The smallest absolute Gasteiger partial charge is 0.257 e. The molecule has 3 N–H and O–H groups in total. The molecule has 102 valence electrons. The molecule has 0 radical (unpaired) electrons. The highest BCUT2D eigenvalue weighted by molar-refractivity contribution is 6.30. The fourth-order valence-electron chi connectivity index (χ4n) is 1.59. The monoisotopic (exact) mass is 287 g/mol. The molecule has 0 heterocycles. The maximum atomic E-state index is 11.9. The van der Waals surface area contributed by atoms with Gasteiger partial charge in [0.05, 0.1) is 6.54 Å². The first kappa shape index (κ1) is 14.1. The third-order valence-corrected chi connectivity index (χ3v) is 2.87. The van der Waals surface area contributed by atoms with E-state index in [1.165, 1.54) is 0 Å². The quantitative estimate of drug-likeness (QED) is 0.673. The summed E-state index contributed by atoms with van der Waals surface area (Å²) in [5.41, 5.74) is 7.18. The van der Waals surface area contributed by atoms with Crippen LogP contribution in [-0.4, -0.2) is 11.9 Å². The minimum Gasteiger partial charge on any atom is -0.370 e. The number of rotatable bonds is 3. The Hall–Kier alpha value is -2.33. The van der Waals surface area contributed by atoms with Gasteiger partial charge in [-0.2, -0.15) is 0 Å². The van der Waals surface area contributed by atoms with Crippen molar-refractivity contribution in [2.45, 2.75) is 6.54 Å². The number of carbonyl (C=O) groups is 1. The number of hydrogen-bond donors (Lipinski definition) is 2. The van der Waals surface area contributed by atoms with E-state index in [0.29, 0.717) is 17.1 Å². The third-order valence-electron chi connectivity index (χ3n) is 2.62. The Labute approximate surface area is 122 Å². The van der Waals surface area contributed by atoms with Crippen molar-refractivity contribution < 1.29 is 4.79 Å². The lowest BCUT2D eigenvalue weighted by Gasteiger charge is -2.04. The van der Waals surface area contributed by atoms with Crippen molar-refractivity contribution in [2.75, 3.05) is 0 Å². The van der Waals surface area contributed by atoms with E-state index in [9.17, 15) is 4.79 Å². The van der Waals surface area contributed by atoms with E-state index in [-0.39, 0.29) is 11.9 Å². The zero-order chi connectivity index (χ0) is 14.4. The predicted octanol–water partition coefficient (Wildman–Crippen LogP) is 2.58. The van der Waals surface area contributed by atoms with Crippen LogP contribution < -0.4 is 11.1 Å². The number of guanidine groups is 1. The maximum absolute atomic E-state index is 11.9. The Morgan fingerprint density at radius 2 is 1.75 bits per heavy atom. The second-order valence-electron chi connectivity index (χ2n) is 4.15. The average molecular weight is 288 g/mol. The number of benzene rings is 2. The van der Waals surface area contributed by atoms with Gasteiger partial charge in [-0.25, -0.2) is 4.99 Å². The van der Waals surface area contributed by atoms with E-state index in [1.54, 1.807) is 24.3 Å². The predicted molar refractivity (Wildman–Crippen MR) is 80.7 cm³/mol. The first-order valence-corrected chi connectivity index (χ1v) is 6.44. The molecule has 4 nitrogen and oxygen atoms in total. The van der Waals surface area contributed by atoms with E-state index >= 15 is 0 Å². The number of nitrogens with two attached hydrogens (primary N) is 1. The van der Waals surface area contributed by atoms with E-state index in [1.807, 2.05) is 30.3 Å². The number of hydrogen-bond acceptors (Lipinski definition) is 2. The molecule has 0 bridgehead atoms. The second-order valence-corrected chi connectivity index (χ2v) is 4.58. The maximum Gasteiger partial charge on any atom is 0.257 e. The van der Waals surface area contributed by atoms with Crippen LogP contribution in [0.4, 0.5) is 0 Å². The molecule has 2 aromatic rings. The van der Waals surface area contributed by atoms with Gasteiger partial charge in [0.15, 0.2) is 5.96 Å². The van der Waals surface area contributed by atoms with Gasteiger partial charge in [-0.05, 0) is 29.8 Å². The molecule has 0 aliphatic carbocycles. The molecule has 2 aromatic carbocycles. The summed E-state index contributed by atoms with van der Waals surface area (Å²) in [6.07, 6.45) is 0. The topological polar surface area (TPSA) is 67.5 Å². The van der Waals surface area contributed by atoms with E-state index in [4.69, 9.17) is 17.3 Å². The Morgan fingerprint density at radius 1 is 1.10 bits per heavy atom. The Balaban J connectivity index is 1.95. The summed E-state index contributed by atoms with van der Waals surface area (Å²) in [4.78, 5) is 16.0. The molecule has 2 rings (SSSR count). The van der Waals surface area contributed by atoms with Gasteiger partial charge in [0.1, 0.15) is 0 Å². The van der Waals surface area contributed by atoms with Crippen molar-refractivity contribution in [2.24, 2.45) is 10.7 Å². The van der Waals surface area contributed by atoms with Crippen molar-refractivity contribution in [3.05, 3.63) is 70.7 Å². The molecule has 1 amide bonds. The number of aliphatic imine (C=N–C) groups is 1. The molecular formula is C15H14ClN3O. The molecular weight excluding hydrogens is 274 g/mol. The van der Waals surface area contributed by atoms with Crippen molar-refractivity contribution in [3.8, 4) is 0 Å². The number of nitrogens with one attached hydrogen (secondary N) is 1. The Bertz CT molecular complexity index is 609. The molecule has 0 saturated carbocycles.